The number of alkyl halides is 3. The van der Waals surface area contributed by atoms with Crippen molar-refractivity contribution in [1.29, 1.82) is 0 Å². The number of carboxylic acid groups (broad SMARTS) is 1. The third-order valence-electron chi connectivity index (χ3n) is 6.91. The summed E-state index contributed by atoms with van der Waals surface area (Å²) in [5.41, 5.74) is 6.12. The van der Waals surface area contributed by atoms with E-state index in [9.17, 15) is 41.9 Å². The van der Waals surface area contributed by atoms with E-state index in [1.54, 1.807) is 12.1 Å². The van der Waals surface area contributed by atoms with Crippen molar-refractivity contribution in [3.8, 4) is 11.5 Å². The van der Waals surface area contributed by atoms with Gasteiger partial charge < -0.3 is 39.1 Å². The smallest absolute Gasteiger partial charge is 0.475 e. The van der Waals surface area contributed by atoms with E-state index < -0.39 is 72.2 Å². The van der Waals surface area contributed by atoms with Crippen molar-refractivity contribution < 1.29 is 65.9 Å². The number of aliphatic carboxylic acids is 1. The van der Waals surface area contributed by atoms with Gasteiger partial charge in [-0.05, 0) is 37.1 Å². The second-order valence-corrected chi connectivity index (χ2v) is 11.0. The van der Waals surface area contributed by atoms with Gasteiger partial charge in [0.25, 0.3) is 5.56 Å². The summed E-state index contributed by atoms with van der Waals surface area (Å²) in [7, 11) is 0. The molecule has 0 saturated heterocycles. The van der Waals surface area contributed by atoms with Crippen LogP contribution in [-0.4, -0.2) is 105 Å². The van der Waals surface area contributed by atoms with Crippen LogP contribution in [0.15, 0.2) is 21.7 Å². The third kappa shape index (κ3) is 12.1. The number of carboxylic acids is 1. The highest BCUT2D eigenvalue weighted by atomic mass is 19.4. The van der Waals surface area contributed by atoms with Gasteiger partial charge in [-0.25, -0.2) is 14.6 Å². The molecule has 1 aromatic carbocycles. The summed E-state index contributed by atoms with van der Waals surface area (Å²) >= 11 is 0. The molecular formula is C31H38F3N5O13. The summed E-state index contributed by atoms with van der Waals surface area (Å²) in [5.74, 6) is -6.01. The number of hydrogen-bond acceptors (Lipinski definition) is 15. The van der Waals surface area contributed by atoms with Crippen molar-refractivity contribution in [2.75, 3.05) is 26.4 Å². The summed E-state index contributed by atoms with van der Waals surface area (Å²) in [4.78, 5) is 92.5. The Morgan fingerprint density at radius 3 is 1.92 bits per heavy atom. The van der Waals surface area contributed by atoms with Crippen molar-refractivity contribution >= 4 is 40.9 Å². The van der Waals surface area contributed by atoms with Crippen LogP contribution in [0, 0.1) is 13.8 Å². The highest BCUT2D eigenvalue weighted by Crippen LogP contribution is 2.26. The largest absolute Gasteiger partial charge is 0.490 e. The molecule has 0 spiro atoms. The number of halogens is 3. The van der Waals surface area contributed by atoms with Crippen molar-refractivity contribution in [3.05, 3.63) is 44.1 Å². The molecule has 2 aliphatic rings. The monoisotopic (exact) mass is 745 g/mol. The molecule has 18 nitrogen and oxygen atoms in total. The molecule has 286 valence electrons. The predicted octanol–water partition coefficient (Wildman–Crippen LogP) is 0.642. The summed E-state index contributed by atoms with van der Waals surface area (Å²) in [6, 6.07) is 3.50. The minimum absolute atomic E-state index is 0.0316. The first-order chi connectivity index (χ1) is 24.2. The molecule has 0 bridgehead atoms. The molecule has 1 aromatic rings. The number of fused-ring (bicyclic) bond motifs is 2. The normalized spacial score (nSPS) is 13.0. The summed E-state index contributed by atoms with van der Waals surface area (Å²) < 4.78 is 60.9. The number of benzene rings is 1. The Kier molecular flexibility index (Phi) is 15.4. The molecule has 0 aliphatic carbocycles. The first kappa shape index (κ1) is 42.7. The van der Waals surface area contributed by atoms with Crippen molar-refractivity contribution in [2.24, 2.45) is 5.73 Å². The molecule has 3 N–H and O–H groups in total. The molecule has 0 saturated carbocycles. The maximum Gasteiger partial charge on any atom is 0.490 e. The number of aryl methyl sites for hydroxylation is 2. The highest BCUT2D eigenvalue weighted by Gasteiger charge is 2.40. The van der Waals surface area contributed by atoms with Crippen LogP contribution in [0.2, 0.25) is 0 Å². The molecule has 0 unspecified atom stereocenters. The van der Waals surface area contributed by atoms with Gasteiger partial charge in [0.2, 0.25) is 0 Å². The van der Waals surface area contributed by atoms with E-state index in [1.165, 1.54) is 4.57 Å². The molecule has 2 aliphatic heterocycles. The molecule has 21 heteroatoms. The average Bonchev–Trinajstić information content (AvgIpc) is 3.01. The van der Waals surface area contributed by atoms with E-state index in [4.69, 9.17) is 39.3 Å². The minimum atomic E-state index is -5.08. The fourth-order valence-corrected chi connectivity index (χ4v) is 4.64. The molecule has 2 heterocycles. The van der Waals surface area contributed by atoms with Crippen LogP contribution in [0.1, 0.15) is 38.8 Å². The number of rotatable bonds is 14. The average molecular weight is 746 g/mol. The molecule has 0 radical (unpaired) electrons. The minimum Gasteiger partial charge on any atom is -0.475 e. The fourth-order valence-electron chi connectivity index (χ4n) is 4.64. The quantitative estimate of drug-likeness (QED) is 0.0995. The second-order valence-electron chi connectivity index (χ2n) is 11.0. The van der Waals surface area contributed by atoms with Gasteiger partial charge >= 0.3 is 41.7 Å². The first-order valence-corrected chi connectivity index (χ1v) is 15.3. The van der Waals surface area contributed by atoms with Crippen molar-refractivity contribution in [3.63, 3.8) is 0 Å². The number of nitrogens with zero attached hydrogens (tertiary/aromatic N) is 4. The van der Waals surface area contributed by atoms with Gasteiger partial charge in [-0.2, -0.15) is 18.2 Å². The number of nitrogens with two attached hydrogens (primary N) is 1. The van der Waals surface area contributed by atoms with Crippen LogP contribution in [0.25, 0.3) is 22.6 Å². The highest BCUT2D eigenvalue weighted by molar-refractivity contribution is 5.81. The van der Waals surface area contributed by atoms with Gasteiger partial charge in [0, 0.05) is 34.2 Å². The van der Waals surface area contributed by atoms with Gasteiger partial charge in [-0.3, -0.25) is 28.5 Å². The van der Waals surface area contributed by atoms with Gasteiger partial charge in [0.05, 0.1) is 37.3 Å². The van der Waals surface area contributed by atoms with Crippen LogP contribution in [0.4, 0.5) is 13.2 Å². The van der Waals surface area contributed by atoms with Gasteiger partial charge in [0.15, 0.2) is 29.8 Å². The number of carbonyl (C=O) groups excluding carboxylic acids is 4. The van der Waals surface area contributed by atoms with Crippen LogP contribution in [0.5, 0.6) is 0 Å². The van der Waals surface area contributed by atoms with E-state index in [-0.39, 0.29) is 44.4 Å². The maximum atomic E-state index is 13.6. The van der Waals surface area contributed by atoms with Crippen molar-refractivity contribution in [1.82, 2.24) is 19.1 Å². The van der Waals surface area contributed by atoms with Gasteiger partial charge in [-0.15, -0.1) is 0 Å². The molecule has 52 heavy (non-hydrogen) atoms. The standard InChI is InChI=1S/C29H37N5O11.C2HF3O2/c1-15-11-21-22(12-16(15)2)34(27-25(31-21)28(39)33(29(40)32-27)8-10-41-9-7-30)13-23(43-18(4)36)26(45-20(6)38)24(44-19(5)37)14-42-17(3)35;3-2(4,5)1(6)7/h11-12,23-24,26H,7-10,13-14,30H2,1-6H3;(H,6,7)/t23-,24+,26-;/m1./s1. The number of esters is 4. The zero-order valence-electron chi connectivity index (χ0n) is 29.0. The molecule has 3 rings (SSSR count). The zero-order chi connectivity index (χ0) is 39.5. The van der Waals surface area contributed by atoms with Crippen LogP contribution < -0.4 is 17.0 Å². The molecule has 0 amide bonds. The lowest BCUT2D eigenvalue weighted by Gasteiger charge is -2.32. The lowest BCUT2D eigenvalue weighted by atomic mass is 10.1. The van der Waals surface area contributed by atoms with Gasteiger partial charge in [0.1, 0.15) is 6.61 Å². The molecular weight excluding hydrogens is 707 g/mol. The zero-order valence-corrected chi connectivity index (χ0v) is 29.0. The van der Waals surface area contributed by atoms with E-state index in [0.29, 0.717) is 11.0 Å². The van der Waals surface area contributed by atoms with Crippen molar-refractivity contribution in [2.45, 2.75) is 79.1 Å². The number of ether oxygens (including phenoxy) is 5. The Bertz CT molecular complexity index is 1880. The summed E-state index contributed by atoms with van der Waals surface area (Å²) in [5, 5.41) is 7.12. The van der Waals surface area contributed by atoms with E-state index in [0.717, 1.165) is 43.4 Å². The van der Waals surface area contributed by atoms with Crippen LogP contribution in [-0.2, 0) is 60.7 Å². The lowest BCUT2D eigenvalue weighted by Crippen LogP contribution is -2.49. The Morgan fingerprint density at radius 2 is 1.40 bits per heavy atom. The van der Waals surface area contributed by atoms with E-state index in [1.807, 2.05) is 13.8 Å². The SMILES string of the molecule is CC(=O)OC[C@H](OC(C)=O)[C@H](OC(C)=O)[C@@H](Cn1c2nc(=O)n(CCOCCN)c(=O)c-2nc2cc(C)c(C)cc21)OC(C)=O.O=C(O)C(F)(F)F. The summed E-state index contributed by atoms with van der Waals surface area (Å²) in [6.07, 6.45) is -9.40. The number of hydrogen-bond donors (Lipinski definition) is 2. The van der Waals surface area contributed by atoms with Gasteiger partial charge in [-0.1, -0.05) is 0 Å². The molecule has 0 aromatic heterocycles. The fraction of sp³-hybridized carbons (Fsp3) is 0.516. The van der Waals surface area contributed by atoms with E-state index >= 15 is 0 Å². The Balaban J connectivity index is 0.00000121. The third-order valence-corrected chi connectivity index (χ3v) is 6.91. The Hall–Kier alpha value is -5.44. The first-order valence-electron chi connectivity index (χ1n) is 15.3. The maximum absolute atomic E-state index is 13.6. The van der Waals surface area contributed by atoms with Crippen LogP contribution in [0.3, 0.4) is 0 Å². The Labute approximate surface area is 292 Å². The number of aromatic nitrogens is 4. The summed E-state index contributed by atoms with van der Waals surface area (Å²) in [6.45, 7) is 7.67. The second kappa shape index (κ2) is 18.7. The van der Waals surface area contributed by atoms with E-state index in [2.05, 4.69) is 9.97 Å². The predicted molar refractivity (Wildman–Crippen MR) is 171 cm³/mol. The molecule has 0 fully saturated rings. The Morgan fingerprint density at radius 1 is 0.846 bits per heavy atom. The lowest BCUT2D eigenvalue weighted by molar-refractivity contribution is -0.192. The topological polar surface area (TPSA) is 248 Å². The molecule has 3 atom stereocenters. The number of carbonyl (C=O) groups is 5. The van der Waals surface area contributed by atoms with Crippen LogP contribution >= 0.6 is 0 Å².